The SMILES string of the molecule is Cc1nc(-c2ccc(C(=O)N3CCCNCC3)cc2)nc2c1CCCC2.Cl. The van der Waals surface area contributed by atoms with Gasteiger partial charge >= 0.3 is 0 Å². The van der Waals surface area contributed by atoms with Crippen molar-refractivity contribution < 1.29 is 4.79 Å². The van der Waals surface area contributed by atoms with Gasteiger partial charge in [0.2, 0.25) is 0 Å². The van der Waals surface area contributed by atoms with E-state index in [0.717, 1.165) is 68.1 Å². The van der Waals surface area contributed by atoms with Crippen molar-refractivity contribution in [2.24, 2.45) is 0 Å². The maximum absolute atomic E-state index is 12.7. The lowest BCUT2D eigenvalue weighted by Crippen LogP contribution is -2.34. The van der Waals surface area contributed by atoms with Gasteiger partial charge < -0.3 is 10.2 Å². The van der Waals surface area contributed by atoms with Crippen molar-refractivity contribution in [3.05, 3.63) is 46.8 Å². The fourth-order valence-corrected chi connectivity index (χ4v) is 3.90. The molecule has 5 nitrogen and oxygen atoms in total. The Morgan fingerprint density at radius 1 is 1.00 bits per heavy atom. The topological polar surface area (TPSA) is 58.1 Å². The summed E-state index contributed by atoms with van der Waals surface area (Å²) in [5.41, 5.74) is 5.36. The number of fused-ring (bicyclic) bond motifs is 1. The van der Waals surface area contributed by atoms with E-state index in [-0.39, 0.29) is 18.3 Å². The van der Waals surface area contributed by atoms with Crippen molar-refractivity contribution in [3.63, 3.8) is 0 Å². The van der Waals surface area contributed by atoms with Crippen molar-refractivity contribution in [2.75, 3.05) is 26.2 Å². The number of rotatable bonds is 2. The zero-order valence-electron chi connectivity index (χ0n) is 15.8. The Kier molecular flexibility index (Phi) is 6.45. The van der Waals surface area contributed by atoms with Crippen molar-refractivity contribution in [1.82, 2.24) is 20.2 Å². The number of amides is 1. The van der Waals surface area contributed by atoms with Gasteiger partial charge in [0.1, 0.15) is 0 Å². The predicted octanol–water partition coefficient (Wildman–Crippen LogP) is 3.19. The van der Waals surface area contributed by atoms with E-state index >= 15 is 0 Å². The second-order valence-electron chi connectivity index (χ2n) is 7.24. The van der Waals surface area contributed by atoms with Crippen LogP contribution in [0.3, 0.4) is 0 Å². The Hall–Kier alpha value is -1.98. The number of carbonyl (C=O) groups excluding carboxylic acids is 1. The quantitative estimate of drug-likeness (QED) is 0.861. The first-order valence-electron chi connectivity index (χ1n) is 9.69. The number of halogens is 1. The molecule has 0 bridgehead atoms. The number of nitrogens with one attached hydrogen (secondary N) is 1. The molecule has 2 aromatic rings. The van der Waals surface area contributed by atoms with Gasteiger partial charge in [0.05, 0.1) is 0 Å². The molecule has 1 aromatic carbocycles. The molecule has 1 fully saturated rings. The van der Waals surface area contributed by atoms with Crippen LogP contribution in [-0.2, 0) is 12.8 Å². The smallest absolute Gasteiger partial charge is 0.253 e. The molecule has 2 aliphatic rings. The van der Waals surface area contributed by atoms with Crippen LogP contribution in [-0.4, -0.2) is 47.0 Å². The summed E-state index contributed by atoms with van der Waals surface area (Å²) < 4.78 is 0. The first-order valence-corrected chi connectivity index (χ1v) is 9.69. The fraction of sp³-hybridized carbons (Fsp3) is 0.476. The number of aryl methyl sites for hydroxylation is 2. The Morgan fingerprint density at radius 3 is 2.59 bits per heavy atom. The van der Waals surface area contributed by atoms with Crippen molar-refractivity contribution in [2.45, 2.75) is 39.0 Å². The third kappa shape index (κ3) is 4.30. The second-order valence-corrected chi connectivity index (χ2v) is 7.24. The molecule has 0 radical (unpaired) electrons. The lowest BCUT2D eigenvalue weighted by atomic mass is 9.95. The zero-order chi connectivity index (χ0) is 17.9. The van der Waals surface area contributed by atoms with Crippen LogP contribution in [0.4, 0.5) is 0 Å². The molecule has 2 heterocycles. The minimum absolute atomic E-state index is 0. The van der Waals surface area contributed by atoms with Gasteiger partial charge in [-0.05, 0) is 63.3 Å². The average molecular weight is 387 g/mol. The second kappa shape index (κ2) is 8.81. The highest BCUT2D eigenvalue weighted by molar-refractivity contribution is 5.94. The van der Waals surface area contributed by atoms with E-state index in [1.54, 1.807) is 0 Å². The minimum atomic E-state index is 0. The zero-order valence-corrected chi connectivity index (χ0v) is 16.6. The van der Waals surface area contributed by atoms with Gasteiger partial charge in [-0.15, -0.1) is 12.4 Å². The molecular weight excluding hydrogens is 360 g/mol. The lowest BCUT2D eigenvalue weighted by Gasteiger charge is -2.20. The molecule has 1 amide bonds. The van der Waals surface area contributed by atoms with Crippen molar-refractivity contribution >= 4 is 18.3 Å². The summed E-state index contributed by atoms with van der Waals surface area (Å²) in [6.45, 7) is 5.53. The van der Waals surface area contributed by atoms with E-state index in [1.165, 1.54) is 24.1 Å². The van der Waals surface area contributed by atoms with Gasteiger partial charge in [-0.3, -0.25) is 4.79 Å². The highest BCUT2D eigenvalue weighted by atomic mass is 35.5. The third-order valence-corrected chi connectivity index (χ3v) is 5.41. The van der Waals surface area contributed by atoms with Gasteiger partial charge in [-0.2, -0.15) is 0 Å². The maximum atomic E-state index is 12.7. The molecule has 0 saturated carbocycles. The van der Waals surface area contributed by atoms with Crippen LogP contribution in [0.25, 0.3) is 11.4 Å². The highest BCUT2D eigenvalue weighted by Crippen LogP contribution is 2.25. The van der Waals surface area contributed by atoms with Gasteiger partial charge in [-0.1, -0.05) is 12.1 Å². The molecule has 1 aliphatic carbocycles. The summed E-state index contributed by atoms with van der Waals surface area (Å²) in [5.74, 6) is 0.893. The van der Waals surface area contributed by atoms with Crippen LogP contribution in [0, 0.1) is 6.92 Å². The Balaban J connectivity index is 0.00000210. The minimum Gasteiger partial charge on any atom is -0.337 e. The number of hydrogen-bond donors (Lipinski definition) is 1. The summed E-state index contributed by atoms with van der Waals surface area (Å²) >= 11 is 0. The van der Waals surface area contributed by atoms with E-state index < -0.39 is 0 Å². The summed E-state index contributed by atoms with van der Waals surface area (Å²) in [7, 11) is 0. The molecule has 0 spiro atoms. The number of carbonyl (C=O) groups is 1. The molecule has 0 unspecified atom stereocenters. The van der Waals surface area contributed by atoms with Crippen LogP contribution in [0.1, 0.15) is 46.6 Å². The monoisotopic (exact) mass is 386 g/mol. The van der Waals surface area contributed by atoms with E-state index in [4.69, 9.17) is 9.97 Å². The molecule has 4 rings (SSSR count). The average Bonchev–Trinajstić information content (AvgIpc) is 2.97. The first kappa shape index (κ1) is 19.8. The molecule has 6 heteroatoms. The van der Waals surface area contributed by atoms with Crippen molar-refractivity contribution in [3.8, 4) is 11.4 Å². The molecule has 144 valence electrons. The number of aromatic nitrogens is 2. The molecule has 1 N–H and O–H groups in total. The van der Waals surface area contributed by atoms with Gasteiger partial charge in [0, 0.05) is 42.1 Å². The number of benzene rings is 1. The molecule has 1 saturated heterocycles. The maximum Gasteiger partial charge on any atom is 0.253 e. The van der Waals surface area contributed by atoms with Gasteiger partial charge in [0.15, 0.2) is 5.82 Å². The highest BCUT2D eigenvalue weighted by Gasteiger charge is 2.18. The van der Waals surface area contributed by atoms with Crippen molar-refractivity contribution in [1.29, 1.82) is 0 Å². The Bertz CT molecular complexity index is 799. The van der Waals surface area contributed by atoms with E-state index in [1.807, 2.05) is 29.2 Å². The standard InChI is InChI=1S/C21H26N4O.ClH/c1-15-18-5-2-3-6-19(18)24-20(23-15)16-7-9-17(10-8-16)21(26)25-13-4-11-22-12-14-25;/h7-10,22H,2-6,11-14H2,1H3;1H. The molecule has 1 aromatic heterocycles. The summed E-state index contributed by atoms with van der Waals surface area (Å²) in [5, 5.41) is 3.33. The van der Waals surface area contributed by atoms with Crippen LogP contribution >= 0.6 is 12.4 Å². The Morgan fingerprint density at radius 2 is 1.78 bits per heavy atom. The van der Waals surface area contributed by atoms with Crippen LogP contribution in [0.5, 0.6) is 0 Å². The van der Waals surface area contributed by atoms with Gasteiger partial charge in [0.25, 0.3) is 5.91 Å². The summed E-state index contributed by atoms with van der Waals surface area (Å²) in [6.07, 6.45) is 5.59. The summed E-state index contributed by atoms with van der Waals surface area (Å²) in [4.78, 5) is 24.2. The van der Waals surface area contributed by atoms with Crippen LogP contribution < -0.4 is 5.32 Å². The fourth-order valence-electron chi connectivity index (χ4n) is 3.90. The predicted molar refractivity (Wildman–Crippen MR) is 109 cm³/mol. The number of nitrogens with zero attached hydrogens (tertiary/aromatic N) is 3. The summed E-state index contributed by atoms with van der Waals surface area (Å²) in [6, 6.07) is 7.78. The molecular formula is C21H27ClN4O. The molecule has 27 heavy (non-hydrogen) atoms. The van der Waals surface area contributed by atoms with E-state index in [0.29, 0.717) is 0 Å². The third-order valence-electron chi connectivity index (χ3n) is 5.41. The van der Waals surface area contributed by atoms with Crippen LogP contribution in [0.15, 0.2) is 24.3 Å². The molecule has 1 aliphatic heterocycles. The van der Waals surface area contributed by atoms with E-state index in [2.05, 4.69) is 12.2 Å². The van der Waals surface area contributed by atoms with Gasteiger partial charge in [-0.25, -0.2) is 9.97 Å². The van der Waals surface area contributed by atoms with E-state index in [9.17, 15) is 4.79 Å². The molecule has 0 atom stereocenters. The lowest BCUT2D eigenvalue weighted by molar-refractivity contribution is 0.0766. The normalized spacial score (nSPS) is 16.9. The first-order chi connectivity index (χ1) is 12.7. The largest absolute Gasteiger partial charge is 0.337 e. The Labute approximate surface area is 167 Å². The number of hydrogen-bond acceptors (Lipinski definition) is 4. The van der Waals surface area contributed by atoms with Crippen LogP contribution in [0.2, 0.25) is 0 Å².